The summed E-state index contributed by atoms with van der Waals surface area (Å²) in [4.78, 5) is 29.7. The third-order valence-corrected chi connectivity index (χ3v) is 9.82. The van der Waals surface area contributed by atoms with E-state index in [4.69, 9.17) is 34.8 Å². The van der Waals surface area contributed by atoms with Crippen molar-refractivity contribution >= 4 is 62.3 Å². The lowest BCUT2D eigenvalue weighted by Gasteiger charge is -2.34. The van der Waals surface area contributed by atoms with Crippen molar-refractivity contribution in [2.24, 2.45) is 5.92 Å². The molecule has 45 heavy (non-hydrogen) atoms. The molecule has 0 aromatic heterocycles. The van der Waals surface area contributed by atoms with Crippen LogP contribution in [0.3, 0.4) is 0 Å². The molecule has 0 fully saturated rings. The molecule has 0 aliphatic heterocycles. The second-order valence-corrected chi connectivity index (χ2v) is 14.0. The van der Waals surface area contributed by atoms with E-state index in [0.717, 1.165) is 9.87 Å². The highest BCUT2D eigenvalue weighted by molar-refractivity contribution is 7.92. The molecule has 4 aromatic rings. The Balaban J connectivity index is 1.82. The van der Waals surface area contributed by atoms with Crippen molar-refractivity contribution in [3.05, 3.63) is 129 Å². The lowest BCUT2D eigenvalue weighted by Crippen LogP contribution is -2.53. The number of anilines is 1. The van der Waals surface area contributed by atoms with Gasteiger partial charge in [0.2, 0.25) is 11.8 Å². The number of halogens is 3. The molecule has 0 aliphatic rings. The Hall–Kier alpha value is -3.56. The fourth-order valence-electron chi connectivity index (χ4n) is 4.69. The van der Waals surface area contributed by atoms with E-state index in [9.17, 15) is 18.0 Å². The maximum atomic E-state index is 14.5. The molecule has 0 spiro atoms. The minimum Gasteiger partial charge on any atom is -0.354 e. The van der Waals surface area contributed by atoms with Crippen LogP contribution in [-0.2, 0) is 32.6 Å². The number of benzene rings is 4. The average Bonchev–Trinajstić information content (AvgIpc) is 3.03. The molecule has 4 rings (SSSR count). The van der Waals surface area contributed by atoms with E-state index >= 15 is 0 Å². The van der Waals surface area contributed by atoms with Gasteiger partial charge in [0.15, 0.2) is 0 Å². The molecule has 7 nitrogen and oxygen atoms in total. The number of hydrogen-bond acceptors (Lipinski definition) is 4. The quantitative estimate of drug-likeness (QED) is 0.161. The Morgan fingerprint density at radius 2 is 1.36 bits per heavy atom. The Morgan fingerprint density at radius 1 is 0.778 bits per heavy atom. The number of carbonyl (C=O) groups is 2. The molecule has 0 unspecified atom stereocenters. The fraction of sp³-hybridized carbons (Fsp3) is 0.235. The normalized spacial score (nSPS) is 12.0. The first-order chi connectivity index (χ1) is 21.5. The van der Waals surface area contributed by atoms with E-state index in [1.54, 1.807) is 48.5 Å². The van der Waals surface area contributed by atoms with Crippen LogP contribution in [0.15, 0.2) is 108 Å². The molecule has 4 aromatic carbocycles. The highest BCUT2D eigenvalue weighted by Gasteiger charge is 2.35. The summed E-state index contributed by atoms with van der Waals surface area (Å²) >= 11 is 19.2. The first-order valence-corrected chi connectivity index (χ1v) is 16.9. The van der Waals surface area contributed by atoms with Gasteiger partial charge in [0.1, 0.15) is 12.6 Å². The molecule has 236 valence electrons. The minimum atomic E-state index is -4.22. The smallest absolute Gasteiger partial charge is 0.264 e. The molecule has 1 atom stereocenters. The summed E-state index contributed by atoms with van der Waals surface area (Å²) in [5.41, 5.74) is 1.49. The van der Waals surface area contributed by atoms with Gasteiger partial charge < -0.3 is 10.2 Å². The largest absolute Gasteiger partial charge is 0.354 e. The van der Waals surface area contributed by atoms with Gasteiger partial charge in [-0.2, -0.15) is 0 Å². The average molecular weight is 687 g/mol. The van der Waals surface area contributed by atoms with E-state index < -0.39 is 28.5 Å². The number of carbonyl (C=O) groups excluding carboxylic acids is 2. The number of nitrogens with zero attached hydrogens (tertiary/aromatic N) is 2. The van der Waals surface area contributed by atoms with E-state index in [0.29, 0.717) is 27.2 Å². The molecule has 0 aliphatic carbocycles. The summed E-state index contributed by atoms with van der Waals surface area (Å²) < 4.78 is 29.1. The van der Waals surface area contributed by atoms with Crippen LogP contribution in [0.5, 0.6) is 0 Å². The Morgan fingerprint density at radius 3 is 1.93 bits per heavy atom. The van der Waals surface area contributed by atoms with Crippen molar-refractivity contribution in [1.82, 2.24) is 10.2 Å². The second-order valence-electron chi connectivity index (χ2n) is 10.9. The highest BCUT2D eigenvalue weighted by Crippen LogP contribution is 2.29. The van der Waals surface area contributed by atoms with Gasteiger partial charge in [-0.1, -0.05) is 103 Å². The second kappa shape index (κ2) is 15.6. The third-order valence-electron chi connectivity index (χ3n) is 7.07. The van der Waals surface area contributed by atoms with Crippen LogP contribution in [0.25, 0.3) is 0 Å². The number of sulfonamides is 1. The molecule has 1 N–H and O–H groups in total. The molecule has 0 heterocycles. The summed E-state index contributed by atoms with van der Waals surface area (Å²) in [6, 6.07) is 27.3. The summed E-state index contributed by atoms with van der Waals surface area (Å²) in [6.45, 7) is 3.58. The molecule has 0 saturated heterocycles. The van der Waals surface area contributed by atoms with Gasteiger partial charge in [-0.05, 0) is 60.0 Å². The number of amides is 2. The first kappa shape index (κ1) is 34.3. The van der Waals surface area contributed by atoms with Crippen LogP contribution in [0.2, 0.25) is 15.1 Å². The predicted octanol–water partition coefficient (Wildman–Crippen LogP) is 7.25. The molecular formula is C34H34Cl3N3O4S. The highest BCUT2D eigenvalue weighted by atomic mass is 35.5. The Kier molecular flexibility index (Phi) is 11.9. The van der Waals surface area contributed by atoms with E-state index in [1.165, 1.54) is 29.2 Å². The fourth-order valence-corrected chi connectivity index (χ4v) is 6.76. The van der Waals surface area contributed by atoms with Crippen LogP contribution < -0.4 is 9.62 Å². The van der Waals surface area contributed by atoms with E-state index in [1.807, 2.05) is 44.2 Å². The van der Waals surface area contributed by atoms with Crippen LogP contribution in [0.4, 0.5) is 5.69 Å². The molecule has 0 bridgehead atoms. The van der Waals surface area contributed by atoms with E-state index in [-0.39, 0.29) is 35.4 Å². The van der Waals surface area contributed by atoms with Gasteiger partial charge >= 0.3 is 0 Å². The van der Waals surface area contributed by atoms with Crippen molar-refractivity contribution in [2.45, 2.75) is 37.8 Å². The summed E-state index contributed by atoms with van der Waals surface area (Å²) in [6.07, 6.45) is 0.172. The van der Waals surface area contributed by atoms with Crippen LogP contribution in [-0.4, -0.2) is 44.3 Å². The zero-order valence-electron chi connectivity index (χ0n) is 24.9. The SMILES string of the molecule is CC(C)CNC(=O)[C@@H](Cc1ccccc1)N(Cc1c(Cl)cccc1Cl)C(=O)CN(c1ccc(Cl)cc1)S(=O)(=O)c1ccccc1. The number of rotatable bonds is 13. The zero-order valence-corrected chi connectivity index (χ0v) is 28.0. The lowest BCUT2D eigenvalue weighted by atomic mass is 10.0. The van der Waals surface area contributed by atoms with Crippen molar-refractivity contribution in [2.75, 3.05) is 17.4 Å². The van der Waals surface area contributed by atoms with Crippen LogP contribution in [0.1, 0.15) is 25.0 Å². The summed E-state index contributed by atoms with van der Waals surface area (Å²) in [7, 11) is -4.22. The maximum absolute atomic E-state index is 14.5. The molecule has 11 heteroatoms. The monoisotopic (exact) mass is 685 g/mol. The van der Waals surface area contributed by atoms with Gasteiger partial charge in [-0.3, -0.25) is 13.9 Å². The van der Waals surface area contributed by atoms with Crippen LogP contribution in [0, 0.1) is 5.92 Å². The van der Waals surface area contributed by atoms with Crippen molar-refractivity contribution in [3.8, 4) is 0 Å². The molecule has 0 saturated carbocycles. The van der Waals surface area contributed by atoms with Gasteiger partial charge in [0.25, 0.3) is 10.0 Å². The third kappa shape index (κ3) is 9.01. The Bertz CT molecular complexity index is 1680. The molecular weight excluding hydrogens is 653 g/mol. The number of nitrogens with one attached hydrogen (secondary N) is 1. The number of hydrogen-bond donors (Lipinski definition) is 1. The lowest BCUT2D eigenvalue weighted by molar-refractivity contribution is -0.140. The minimum absolute atomic E-state index is 0.00367. The van der Waals surface area contributed by atoms with Crippen molar-refractivity contribution < 1.29 is 18.0 Å². The summed E-state index contributed by atoms with van der Waals surface area (Å²) in [5, 5.41) is 3.98. The molecule has 0 radical (unpaired) electrons. The predicted molar refractivity (Wildman–Crippen MR) is 181 cm³/mol. The van der Waals surface area contributed by atoms with E-state index in [2.05, 4.69) is 5.32 Å². The van der Waals surface area contributed by atoms with Gasteiger partial charge in [0, 0.05) is 40.1 Å². The molecule has 2 amide bonds. The summed E-state index contributed by atoms with van der Waals surface area (Å²) in [5.74, 6) is -0.848. The zero-order chi connectivity index (χ0) is 32.6. The van der Waals surface area contributed by atoms with Gasteiger partial charge in [-0.15, -0.1) is 0 Å². The topological polar surface area (TPSA) is 86.8 Å². The van der Waals surface area contributed by atoms with Crippen molar-refractivity contribution in [1.29, 1.82) is 0 Å². The Labute approximate surface area is 279 Å². The van der Waals surface area contributed by atoms with Gasteiger partial charge in [-0.25, -0.2) is 8.42 Å². The van der Waals surface area contributed by atoms with Crippen molar-refractivity contribution in [3.63, 3.8) is 0 Å². The van der Waals surface area contributed by atoms with Crippen LogP contribution >= 0.6 is 34.8 Å². The standard InChI is InChI=1S/C34H34Cl3N3O4S/c1-24(2)21-38-34(42)32(20-25-10-5-3-6-11-25)39(22-29-30(36)14-9-15-31(29)37)33(41)23-40(27-18-16-26(35)17-19-27)45(43,44)28-12-7-4-8-13-28/h3-19,24,32H,20-23H2,1-2H3,(H,38,42)/t32-/m1/s1. The maximum Gasteiger partial charge on any atom is 0.264 e. The van der Waals surface area contributed by atoms with Gasteiger partial charge in [0.05, 0.1) is 10.6 Å². The first-order valence-electron chi connectivity index (χ1n) is 14.3.